The van der Waals surface area contributed by atoms with Gasteiger partial charge in [-0.1, -0.05) is 11.6 Å². The van der Waals surface area contributed by atoms with Gasteiger partial charge in [-0.15, -0.1) is 0 Å². The largest absolute Gasteiger partial charge is 0.392 e. The minimum atomic E-state index is -0.466. The first-order valence-corrected chi connectivity index (χ1v) is 8.51. The number of carbonyl (C=O) groups excluding carboxylic acids is 1. The molecule has 1 saturated carbocycles. The molecular formula is C16H23ClN4O2. The Labute approximate surface area is 141 Å². The number of pyridine rings is 1. The van der Waals surface area contributed by atoms with E-state index in [1.165, 1.54) is 0 Å². The molecule has 3 atom stereocenters. The van der Waals surface area contributed by atoms with Crippen LogP contribution in [-0.2, 0) is 4.79 Å². The highest BCUT2D eigenvalue weighted by Gasteiger charge is 2.34. The summed E-state index contributed by atoms with van der Waals surface area (Å²) in [4.78, 5) is 21.0. The van der Waals surface area contributed by atoms with Crippen molar-refractivity contribution in [3.63, 3.8) is 0 Å². The molecule has 1 aromatic rings. The van der Waals surface area contributed by atoms with Gasteiger partial charge in [-0.2, -0.15) is 0 Å². The van der Waals surface area contributed by atoms with Crippen molar-refractivity contribution in [1.82, 2.24) is 9.88 Å². The first kappa shape index (κ1) is 16.5. The minimum Gasteiger partial charge on any atom is -0.392 e. The third-order valence-electron chi connectivity index (χ3n) is 4.84. The first-order chi connectivity index (χ1) is 11.0. The van der Waals surface area contributed by atoms with Crippen LogP contribution in [0.3, 0.4) is 0 Å². The zero-order valence-electron chi connectivity index (χ0n) is 13.1. The van der Waals surface area contributed by atoms with Crippen LogP contribution in [0.25, 0.3) is 0 Å². The van der Waals surface area contributed by atoms with Crippen molar-refractivity contribution in [2.45, 2.75) is 31.4 Å². The highest BCUT2D eigenvalue weighted by Crippen LogP contribution is 2.26. The predicted octanol–water partition coefficient (Wildman–Crippen LogP) is 0.872. The molecule has 1 aliphatic heterocycles. The summed E-state index contributed by atoms with van der Waals surface area (Å²) in [5, 5.41) is 10.3. The fourth-order valence-corrected chi connectivity index (χ4v) is 3.49. The Balaban J connectivity index is 1.54. The maximum Gasteiger partial charge on any atom is 0.225 e. The summed E-state index contributed by atoms with van der Waals surface area (Å²) in [7, 11) is 0. The second kappa shape index (κ2) is 7.03. The van der Waals surface area contributed by atoms with Crippen molar-refractivity contribution in [1.29, 1.82) is 0 Å². The van der Waals surface area contributed by atoms with Gasteiger partial charge in [0.15, 0.2) is 0 Å². The fraction of sp³-hybridized carbons (Fsp3) is 0.625. The summed E-state index contributed by atoms with van der Waals surface area (Å²) in [5.74, 6) is 1.02. The summed E-state index contributed by atoms with van der Waals surface area (Å²) < 4.78 is 0. The molecule has 2 heterocycles. The van der Waals surface area contributed by atoms with E-state index in [9.17, 15) is 9.90 Å². The van der Waals surface area contributed by atoms with E-state index in [-0.39, 0.29) is 17.9 Å². The molecule has 2 aliphatic rings. The quantitative estimate of drug-likeness (QED) is 0.836. The summed E-state index contributed by atoms with van der Waals surface area (Å²) >= 11 is 5.86. The molecule has 6 nitrogen and oxygen atoms in total. The van der Waals surface area contributed by atoms with E-state index < -0.39 is 6.10 Å². The number of anilines is 1. The molecule has 3 rings (SSSR count). The lowest BCUT2D eigenvalue weighted by Crippen LogP contribution is -2.52. The Bertz CT molecular complexity index is 546. The van der Waals surface area contributed by atoms with Crippen LogP contribution in [0.1, 0.15) is 19.3 Å². The topological polar surface area (TPSA) is 82.7 Å². The van der Waals surface area contributed by atoms with Gasteiger partial charge in [0.2, 0.25) is 5.91 Å². The predicted molar refractivity (Wildman–Crippen MR) is 89.4 cm³/mol. The monoisotopic (exact) mass is 338 g/mol. The lowest BCUT2D eigenvalue weighted by atomic mass is 9.83. The van der Waals surface area contributed by atoms with Gasteiger partial charge in [0.05, 0.1) is 11.1 Å². The van der Waals surface area contributed by atoms with Crippen LogP contribution >= 0.6 is 11.6 Å². The van der Waals surface area contributed by atoms with Crippen LogP contribution < -0.4 is 10.6 Å². The number of halogens is 1. The van der Waals surface area contributed by atoms with E-state index in [1.807, 2.05) is 17.0 Å². The highest BCUT2D eigenvalue weighted by molar-refractivity contribution is 6.30. The summed E-state index contributed by atoms with van der Waals surface area (Å²) in [6.07, 6.45) is 3.10. The molecule has 23 heavy (non-hydrogen) atoms. The third-order valence-corrected chi connectivity index (χ3v) is 5.06. The number of aliphatic hydroxyl groups excluding tert-OH is 1. The SMILES string of the molecule is N[C@@H]1C[C@@H](C(=O)N2CCN(c3ccc(Cl)cn3)CC2)CC[C@H]1O. The van der Waals surface area contributed by atoms with Crippen LogP contribution in [0.2, 0.25) is 5.02 Å². The van der Waals surface area contributed by atoms with Gasteiger partial charge in [0, 0.05) is 44.3 Å². The molecule has 7 heteroatoms. The third kappa shape index (κ3) is 3.76. The van der Waals surface area contributed by atoms with Crippen molar-refractivity contribution in [2.75, 3.05) is 31.1 Å². The lowest BCUT2D eigenvalue weighted by molar-refractivity contribution is -0.137. The van der Waals surface area contributed by atoms with Crippen molar-refractivity contribution in [3.05, 3.63) is 23.4 Å². The van der Waals surface area contributed by atoms with Crippen LogP contribution in [0.4, 0.5) is 5.82 Å². The summed E-state index contributed by atoms with van der Waals surface area (Å²) in [5.41, 5.74) is 5.90. The standard InChI is InChI=1S/C16H23ClN4O2/c17-12-2-4-15(19-10-12)20-5-7-21(8-6-20)16(23)11-1-3-14(22)13(18)9-11/h2,4,10-11,13-14,22H,1,3,5-9,18H2/t11-,13+,14+/m0/s1. The number of nitrogens with zero attached hydrogens (tertiary/aromatic N) is 3. The molecule has 0 bridgehead atoms. The first-order valence-electron chi connectivity index (χ1n) is 8.13. The molecule has 1 saturated heterocycles. The second-order valence-electron chi connectivity index (χ2n) is 6.39. The number of aliphatic hydroxyl groups is 1. The van der Waals surface area contributed by atoms with E-state index in [2.05, 4.69) is 9.88 Å². The molecule has 2 fully saturated rings. The van der Waals surface area contributed by atoms with Gasteiger partial charge >= 0.3 is 0 Å². The zero-order chi connectivity index (χ0) is 16.4. The van der Waals surface area contributed by atoms with Gasteiger partial charge < -0.3 is 20.6 Å². The van der Waals surface area contributed by atoms with Gasteiger partial charge in [0.1, 0.15) is 5.82 Å². The number of aromatic nitrogens is 1. The highest BCUT2D eigenvalue weighted by atomic mass is 35.5. The summed E-state index contributed by atoms with van der Waals surface area (Å²) in [6.45, 7) is 2.92. The smallest absolute Gasteiger partial charge is 0.225 e. The average Bonchev–Trinajstić information content (AvgIpc) is 2.57. The van der Waals surface area contributed by atoms with Gasteiger partial charge in [0.25, 0.3) is 0 Å². The van der Waals surface area contributed by atoms with Gasteiger partial charge in [-0.05, 0) is 31.4 Å². The molecule has 0 radical (unpaired) electrons. The van der Waals surface area contributed by atoms with Crippen molar-refractivity contribution in [3.8, 4) is 0 Å². The van der Waals surface area contributed by atoms with Crippen molar-refractivity contribution in [2.24, 2.45) is 11.7 Å². The molecule has 0 spiro atoms. The van der Waals surface area contributed by atoms with E-state index in [4.69, 9.17) is 17.3 Å². The zero-order valence-corrected chi connectivity index (χ0v) is 13.8. The maximum atomic E-state index is 12.6. The molecule has 3 N–H and O–H groups in total. The Morgan fingerprint density at radius 2 is 2.00 bits per heavy atom. The minimum absolute atomic E-state index is 0.0476. The lowest BCUT2D eigenvalue weighted by Gasteiger charge is -2.39. The number of carbonyl (C=O) groups is 1. The fourth-order valence-electron chi connectivity index (χ4n) is 3.38. The van der Waals surface area contributed by atoms with Gasteiger partial charge in [-0.25, -0.2) is 4.98 Å². The maximum absolute atomic E-state index is 12.6. The molecule has 126 valence electrons. The number of hydrogen-bond donors (Lipinski definition) is 2. The Morgan fingerprint density at radius 3 is 2.61 bits per heavy atom. The molecule has 0 aromatic carbocycles. The normalized spacial score (nSPS) is 28.7. The Kier molecular flexibility index (Phi) is 5.04. The van der Waals surface area contributed by atoms with E-state index in [1.54, 1.807) is 6.20 Å². The van der Waals surface area contributed by atoms with Crippen LogP contribution in [0.5, 0.6) is 0 Å². The number of rotatable bonds is 2. The van der Waals surface area contributed by atoms with Gasteiger partial charge in [-0.3, -0.25) is 4.79 Å². The Morgan fingerprint density at radius 1 is 1.26 bits per heavy atom. The van der Waals surface area contributed by atoms with E-state index in [0.717, 1.165) is 25.3 Å². The van der Waals surface area contributed by atoms with Crippen LogP contribution in [0, 0.1) is 5.92 Å². The van der Waals surface area contributed by atoms with Crippen molar-refractivity contribution >= 4 is 23.3 Å². The molecular weight excluding hydrogens is 316 g/mol. The summed E-state index contributed by atoms with van der Waals surface area (Å²) in [6, 6.07) is 3.45. The molecule has 0 unspecified atom stereocenters. The van der Waals surface area contributed by atoms with E-state index >= 15 is 0 Å². The number of piperazine rings is 1. The van der Waals surface area contributed by atoms with Crippen LogP contribution in [-0.4, -0.2) is 59.2 Å². The molecule has 1 aromatic heterocycles. The van der Waals surface area contributed by atoms with E-state index in [0.29, 0.717) is 31.0 Å². The molecule has 1 aliphatic carbocycles. The number of nitrogens with two attached hydrogens (primary N) is 1. The molecule has 1 amide bonds. The second-order valence-corrected chi connectivity index (χ2v) is 6.82. The number of amides is 1. The van der Waals surface area contributed by atoms with Crippen molar-refractivity contribution < 1.29 is 9.90 Å². The van der Waals surface area contributed by atoms with Crippen LogP contribution in [0.15, 0.2) is 18.3 Å². The Hall–Kier alpha value is -1.37. The average molecular weight is 339 g/mol. The number of hydrogen-bond acceptors (Lipinski definition) is 5.